The van der Waals surface area contributed by atoms with E-state index >= 15 is 0 Å². The first-order chi connectivity index (χ1) is 11.6. The van der Waals surface area contributed by atoms with Crippen molar-refractivity contribution in [3.63, 3.8) is 0 Å². The van der Waals surface area contributed by atoms with Crippen LogP contribution >= 0.6 is 0 Å². The molecule has 0 bridgehead atoms. The second-order valence-corrected chi connectivity index (χ2v) is 7.68. The lowest BCUT2D eigenvalue weighted by atomic mass is 10.0. The van der Waals surface area contributed by atoms with Gasteiger partial charge in [0.05, 0.1) is 0 Å². The van der Waals surface area contributed by atoms with Crippen LogP contribution in [0.25, 0.3) is 10.9 Å². The van der Waals surface area contributed by atoms with Gasteiger partial charge in [-0.15, -0.1) is 0 Å². The molecule has 4 rings (SSSR count). The number of nitrogens with one attached hydrogen (secondary N) is 1. The SMILES string of the molecule is CN(C)[C@@H]1CCCN(Cc2cc3cc4c(cc3[nH]c2=O)CCC4)C1. The Morgan fingerprint density at radius 3 is 2.75 bits per heavy atom. The number of hydrogen-bond acceptors (Lipinski definition) is 3. The van der Waals surface area contributed by atoms with E-state index in [9.17, 15) is 4.79 Å². The number of hydrogen-bond donors (Lipinski definition) is 1. The van der Waals surface area contributed by atoms with Gasteiger partial charge in [-0.25, -0.2) is 0 Å². The van der Waals surface area contributed by atoms with Gasteiger partial charge >= 0.3 is 0 Å². The van der Waals surface area contributed by atoms with Crippen molar-refractivity contribution < 1.29 is 0 Å². The highest BCUT2D eigenvalue weighted by Crippen LogP contribution is 2.26. The number of H-pyrrole nitrogens is 1. The molecule has 0 amide bonds. The molecule has 1 N–H and O–H groups in total. The zero-order valence-corrected chi connectivity index (χ0v) is 14.8. The van der Waals surface area contributed by atoms with E-state index in [-0.39, 0.29) is 5.56 Å². The van der Waals surface area contributed by atoms with Gasteiger partial charge in [-0.1, -0.05) is 0 Å². The summed E-state index contributed by atoms with van der Waals surface area (Å²) in [7, 11) is 4.30. The van der Waals surface area contributed by atoms with E-state index in [4.69, 9.17) is 0 Å². The molecule has 24 heavy (non-hydrogen) atoms. The largest absolute Gasteiger partial charge is 0.322 e. The average molecular weight is 325 g/mol. The summed E-state index contributed by atoms with van der Waals surface area (Å²) in [6.45, 7) is 2.90. The summed E-state index contributed by atoms with van der Waals surface area (Å²) in [5.41, 5.74) is 4.85. The molecule has 1 atom stereocenters. The molecule has 1 aliphatic heterocycles. The Kier molecular flexibility index (Phi) is 4.19. The predicted octanol–water partition coefficient (Wildman–Crippen LogP) is 2.54. The lowest BCUT2D eigenvalue weighted by Gasteiger charge is -2.36. The Morgan fingerprint density at radius 2 is 1.96 bits per heavy atom. The van der Waals surface area contributed by atoms with Crippen molar-refractivity contribution in [1.29, 1.82) is 0 Å². The van der Waals surface area contributed by atoms with Crippen molar-refractivity contribution >= 4 is 10.9 Å². The van der Waals surface area contributed by atoms with E-state index in [2.05, 4.69) is 47.1 Å². The van der Waals surface area contributed by atoms with Gasteiger partial charge in [0, 0.05) is 30.2 Å². The molecular formula is C20H27N3O. The van der Waals surface area contributed by atoms with Crippen LogP contribution in [0.2, 0.25) is 0 Å². The third-order valence-electron chi connectivity index (χ3n) is 5.74. The zero-order valence-electron chi connectivity index (χ0n) is 14.8. The molecule has 2 heterocycles. The number of fused-ring (bicyclic) bond motifs is 2. The fourth-order valence-corrected chi connectivity index (χ4v) is 4.28. The lowest BCUT2D eigenvalue weighted by Crippen LogP contribution is -2.45. The fourth-order valence-electron chi connectivity index (χ4n) is 4.28. The van der Waals surface area contributed by atoms with Crippen LogP contribution in [0, 0.1) is 0 Å². The summed E-state index contributed by atoms with van der Waals surface area (Å²) in [5.74, 6) is 0. The summed E-state index contributed by atoms with van der Waals surface area (Å²) >= 11 is 0. The Bertz CT molecular complexity index is 808. The minimum atomic E-state index is 0.0763. The first kappa shape index (κ1) is 15.9. The summed E-state index contributed by atoms with van der Waals surface area (Å²) < 4.78 is 0. The van der Waals surface area contributed by atoms with Crippen molar-refractivity contribution in [1.82, 2.24) is 14.8 Å². The number of nitrogens with zero attached hydrogens (tertiary/aromatic N) is 2. The molecule has 128 valence electrons. The minimum absolute atomic E-state index is 0.0763. The van der Waals surface area contributed by atoms with Crippen LogP contribution in [0.1, 0.15) is 36.0 Å². The van der Waals surface area contributed by atoms with Crippen LogP contribution in [-0.2, 0) is 19.4 Å². The maximum Gasteiger partial charge on any atom is 0.252 e. The third kappa shape index (κ3) is 3.01. The predicted molar refractivity (Wildman–Crippen MR) is 98.6 cm³/mol. The monoisotopic (exact) mass is 325 g/mol. The standard InChI is InChI=1S/C20H27N3O/c1-22(2)18-7-4-8-23(13-18)12-17-10-16-9-14-5-3-6-15(14)11-19(16)21-20(17)24/h9-11,18H,3-8,12-13H2,1-2H3,(H,21,24)/t18-/m1/s1. The van der Waals surface area contributed by atoms with Crippen molar-refractivity contribution in [2.45, 2.75) is 44.7 Å². The number of likely N-dealkylation sites (N-methyl/N-ethyl adjacent to an activating group) is 1. The molecule has 0 saturated carbocycles. The first-order valence-corrected chi connectivity index (χ1v) is 9.16. The molecule has 4 nitrogen and oxygen atoms in total. The Balaban J connectivity index is 1.61. The van der Waals surface area contributed by atoms with Gasteiger partial charge in [-0.2, -0.15) is 0 Å². The number of aromatic nitrogens is 1. The second-order valence-electron chi connectivity index (χ2n) is 7.68. The van der Waals surface area contributed by atoms with Crippen LogP contribution in [0.4, 0.5) is 0 Å². The van der Waals surface area contributed by atoms with Gasteiger partial charge in [0.25, 0.3) is 5.56 Å². The van der Waals surface area contributed by atoms with Gasteiger partial charge < -0.3 is 9.88 Å². The molecule has 1 saturated heterocycles. The highest BCUT2D eigenvalue weighted by molar-refractivity contribution is 5.81. The summed E-state index contributed by atoms with van der Waals surface area (Å²) in [5, 5.41) is 1.19. The molecule has 4 heteroatoms. The average Bonchev–Trinajstić information content (AvgIpc) is 3.01. The lowest BCUT2D eigenvalue weighted by molar-refractivity contribution is 0.127. The molecule has 0 radical (unpaired) electrons. The maximum atomic E-state index is 12.5. The Labute approximate surface area is 143 Å². The number of piperidine rings is 1. The molecular weight excluding hydrogens is 298 g/mol. The van der Waals surface area contributed by atoms with E-state index in [1.807, 2.05) is 0 Å². The quantitative estimate of drug-likeness (QED) is 0.943. The molecule has 2 aliphatic rings. The van der Waals surface area contributed by atoms with Crippen LogP contribution in [0.3, 0.4) is 0 Å². The number of rotatable bonds is 3. The summed E-state index contributed by atoms with van der Waals surface area (Å²) in [4.78, 5) is 20.4. The molecule has 1 aromatic carbocycles. The van der Waals surface area contributed by atoms with Crippen LogP contribution in [0.15, 0.2) is 23.0 Å². The highest BCUT2D eigenvalue weighted by atomic mass is 16.1. The van der Waals surface area contributed by atoms with Crippen molar-refractivity contribution in [3.05, 3.63) is 45.2 Å². The van der Waals surface area contributed by atoms with Gasteiger partial charge in [-0.3, -0.25) is 9.69 Å². The van der Waals surface area contributed by atoms with E-state index in [1.165, 1.54) is 42.2 Å². The number of likely N-dealkylation sites (tertiary alicyclic amines) is 1. The van der Waals surface area contributed by atoms with Gasteiger partial charge in [0.1, 0.15) is 0 Å². The highest BCUT2D eigenvalue weighted by Gasteiger charge is 2.22. The Hall–Kier alpha value is -1.65. The smallest absolute Gasteiger partial charge is 0.252 e. The first-order valence-electron chi connectivity index (χ1n) is 9.16. The third-order valence-corrected chi connectivity index (χ3v) is 5.74. The molecule has 1 aliphatic carbocycles. The molecule has 2 aromatic rings. The minimum Gasteiger partial charge on any atom is -0.322 e. The fraction of sp³-hybridized carbons (Fsp3) is 0.550. The number of pyridine rings is 1. The topological polar surface area (TPSA) is 39.3 Å². The summed E-state index contributed by atoms with van der Waals surface area (Å²) in [6.07, 6.45) is 6.03. The van der Waals surface area contributed by atoms with Crippen LogP contribution in [-0.4, -0.2) is 48.0 Å². The molecule has 1 fully saturated rings. The van der Waals surface area contributed by atoms with E-state index in [1.54, 1.807) is 0 Å². The van der Waals surface area contributed by atoms with Crippen LogP contribution in [0.5, 0.6) is 0 Å². The van der Waals surface area contributed by atoms with Crippen molar-refractivity contribution in [2.75, 3.05) is 27.2 Å². The van der Waals surface area contributed by atoms with E-state index in [0.717, 1.165) is 37.1 Å². The number of aryl methyl sites for hydroxylation is 2. The van der Waals surface area contributed by atoms with Crippen molar-refractivity contribution in [3.8, 4) is 0 Å². The maximum absolute atomic E-state index is 12.5. The number of aromatic amines is 1. The van der Waals surface area contributed by atoms with Gasteiger partial charge in [0.15, 0.2) is 0 Å². The summed E-state index contributed by atoms with van der Waals surface area (Å²) in [6, 6.07) is 7.19. The molecule has 1 aromatic heterocycles. The zero-order chi connectivity index (χ0) is 16.7. The second kappa shape index (κ2) is 6.34. The van der Waals surface area contributed by atoms with Gasteiger partial charge in [0.2, 0.25) is 0 Å². The Morgan fingerprint density at radius 1 is 1.17 bits per heavy atom. The van der Waals surface area contributed by atoms with Gasteiger partial charge in [-0.05, 0) is 87.5 Å². The van der Waals surface area contributed by atoms with E-state index in [0.29, 0.717) is 6.04 Å². The van der Waals surface area contributed by atoms with E-state index < -0.39 is 0 Å². The molecule has 0 unspecified atom stereocenters. The molecule has 0 spiro atoms. The normalized spacial score (nSPS) is 21.5. The number of benzene rings is 1. The van der Waals surface area contributed by atoms with Crippen LogP contribution < -0.4 is 5.56 Å². The van der Waals surface area contributed by atoms with Crippen molar-refractivity contribution in [2.24, 2.45) is 0 Å².